The molecule has 252 valence electrons. The van der Waals surface area contributed by atoms with Crippen LogP contribution < -0.4 is 26.7 Å². The van der Waals surface area contributed by atoms with Gasteiger partial charge >= 0.3 is 0 Å². The summed E-state index contributed by atoms with van der Waals surface area (Å²) in [5, 5.41) is 27.7. The van der Waals surface area contributed by atoms with Crippen LogP contribution in [0.1, 0.15) is 50.3 Å². The molecule has 0 saturated carbocycles. The zero-order valence-corrected chi connectivity index (χ0v) is 28.4. The lowest BCUT2D eigenvalue weighted by molar-refractivity contribution is 0.281. The number of nitrogens with one attached hydrogen (secondary N) is 2. The summed E-state index contributed by atoms with van der Waals surface area (Å²) in [5.41, 5.74) is 4.24. The highest BCUT2D eigenvalue weighted by molar-refractivity contribution is 5.90. The zero-order chi connectivity index (χ0) is 34.4. The first-order valence-corrected chi connectivity index (χ1v) is 16.8. The molecule has 0 spiro atoms. The highest BCUT2D eigenvalue weighted by Crippen LogP contribution is 2.32. The van der Waals surface area contributed by atoms with Gasteiger partial charge in [-0.15, -0.1) is 0 Å². The number of piperidine rings is 1. The zero-order valence-electron chi connectivity index (χ0n) is 28.4. The van der Waals surface area contributed by atoms with Crippen molar-refractivity contribution in [2.24, 2.45) is 13.0 Å². The van der Waals surface area contributed by atoms with Crippen molar-refractivity contribution < 1.29 is 5.11 Å². The molecule has 2 bridgehead atoms. The van der Waals surface area contributed by atoms with Crippen molar-refractivity contribution in [3.63, 3.8) is 0 Å². The Labute approximate surface area is 284 Å². The Morgan fingerprint density at radius 3 is 2.63 bits per heavy atom. The van der Waals surface area contributed by atoms with Gasteiger partial charge in [-0.05, 0) is 72.2 Å². The van der Waals surface area contributed by atoms with Crippen molar-refractivity contribution in [3.8, 4) is 16.9 Å². The van der Waals surface area contributed by atoms with Gasteiger partial charge < -0.3 is 20.6 Å². The maximum Gasteiger partial charge on any atom is 0.290 e. The molecule has 11 heteroatoms. The van der Waals surface area contributed by atoms with Gasteiger partial charge in [0.2, 0.25) is 0 Å². The summed E-state index contributed by atoms with van der Waals surface area (Å²) >= 11 is 0. The molecule has 6 heterocycles. The van der Waals surface area contributed by atoms with E-state index in [1.807, 2.05) is 30.5 Å². The maximum atomic E-state index is 14.0. The number of benzene rings is 2. The summed E-state index contributed by atoms with van der Waals surface area (Å²) < 4.78 is 2.56. The monoisotopic (exact) mass is 658 g/mol. The third-order valence-corrected chi connectivity index (χ3v) is 9.84. The summed E-state index contributed by atoms with van der Waals surface area (Å²) in [6.07, 6.45) is 7.64. The number of aliphatic hydroxyl groups is 1. The van der Waals surface area contributed by atoms with E-state index in [0.29, 0.717) is 45.7 Å². The fraction of sp³-hybridized carbons (Fsp3) is 0.342. The summed E-state index contributed by atoms with van der Waals surface area (Å²) in [5.74, 6) is 1.17. The maximum absolute atomic E-state index is 14.0. The summed E-state index contributed by atoms with van der Waals surface area (Å²) in [6.45, 7) is 13.0. The third-order valence-electron chi connectivity index (χ3n) is 9.84. The van der Waals surface area contributed by atoms with E-state index < -0.39 is 0 Å². The molecule has 1 unspecified atom stereocenters. The Morgan fingerprint density at radius 1 is 1.06 bits per heavy atom. The predicted octanol–water partition coefficient (Wildman–Crippen LogP) is 4.91. The van der Waals surface area contributed by atoms with E-state index in [9.17, 15) is 14.7 Å². The van der Waals surface area contributed by atoms with E-state index in [0.717, 1.165) is 41.8 Å². The number of hydrogen-bond acceptors (Lipinski definition) is 9. The molecule has 3 aromatic heterocycles. The number of fused-ring (bicyclic) bond motifs is 5. The van der Waals surface area contributed by atoms with Crippen molar-refractivity contribution in [1.82, 2.24) is 29.9 Å². The van der Waals surface area contributed by atoms with E-state index in [-0.39, 0.29) is 28.8 Å². The SMILES string of the molecule is C=Cc1cc(C(C)(C)C)cc2cnn(-c3cccc(-c4cc(Nc5ccc(N6C[C@@H]7CCC6CNC7)cn5)c(=O)n(C)n4)c3CO)c(=O)c12. The largest absolute Gasteiger partial charge is 0.392 e. The van der Waals surface area contributed by atoms with Crippen LogP contribution in [0.5, 0.6) is 0 Å². The minimum atomic E-state index is -0.390. The van der Waals surface area contributed by atoms with Crippen molar-refractivity contribution in [2.45, 2.75) is 51.7 Å². The molecular weight excluding hydrogens is 616 g/mol. The molecule has 3 saturated heterocycles. The third kappa shape index (κ3) is 6.04. The molecule has 5 aromatic rings. The average Bonchev–Trinajstić information content (AvgIpc) is 3.46. The van der Waals surface area contributed by atoms with Gasteiger partial charge in [-0.2, -0.15) is 14.9 Å². The van der Waals surface area contributed by atoms with Crippen molar-refractivity contribution >= 4 is 34.0 Å². The fourth-order valence-electron chi connectivity index (χ4n) is 7.11. The lowest BCUT2D eigenvalue weighted by atomic mass is 9.85. The molecule has 8 rings (SSSR count). The minimum absolute atomic E-state index is 0.126. The molecule has 11 nitrogen and oxygen atoms in total. The van der Waals surface area contributed by atoms with Crippen molar-refractivity contribution in [1.29, 1.82) is 0 Å². The molecular formula is C38H42N8O3. The van der Waals surface area contributed by atoms with Crippen LogP contribution >= 0.6 is 0 Å². The minimum Gasteiger partial charge on any atom is -0.392 e. The predicted molar refractivity (Wildman–Crippen MR) is 195 cm³/mol. The van der Waals surface area contributed by atoms with E-state index in [1.165, 1.54) is 22.2 Å². The first kappa shape index (κ1) is 32.4. The molecule has 0 amide bonds. The van der Waals surface area contributed by atoms with Gasteiger partial charge in [-0.25, -0.2) is 9.67 Å². The van der Waals surface area contributed by atoms with E-state index in [4.69, 9.17) is 0 Å². The van der Waals surface area contributed by atoms with Crippen LogP contribution in [-0.2, 0) is 19.1 Å². The Hall–Kier alpha value is -5.13. The van der Waals surface area contributed by atoms with E-state index in [1.54, 1.807) is 43.6 Å². The van der Waals surface area contributed by atoms with Crippen molar-refractivity contribution in [3.05, 3.63) is 105 Å². The Balaban J connectivity index is 1.24. The van der Waals surface area contributed by atoms with Gasteiger partial charge in [-0.3, -0.25) is 9.59 Å². The normalized spacial score (nSPS) is 17.7. The van der Waals surface area contributed by atoms with Crippen LogP contribution in [0.3, 0.4) is 0 Å². The molecule has 3 fully saturated rings. The molecule has 2 aromatic carbocycles. The molecule has 0 radical (unpaired) electrons. The van der Waals surface area contributed by atoms with Crippen LogP contribution in [0.2, 0.25) is 0 Å². The second kappa shape index (κ2) is 12.7. The van der Waals surface area contributed by atoms with Crippen molar-refractivity contribution in [2.75, 3.05) is 29.9 Å². The molecule has 0 aliphatic carbocycles. The number of aromatic nitrogens is 5. The smallest absolute Gasteiger partial charge is 0.290 e. The lowest BCUT2D eigenvalue weighted by Crippen LogP contribution is -2.43. The number of aliphatic hydroxyl groups excluding tert-OH is 1. The standard InChI is InChI=1S/C38H42N8O3/c1-6-24-14-26(38(2,3)4)15-25-18-41-46(37(49)35(24)25)33-9-7-8-29(30(33)22-47)31-16-32(36(48)44(5)43-31)42-34-13-12-28(20-40-34)45-21-23-10-11-27(45)19-39-17-23/h6-9,12-16,18,20,23,27,39,47H,1,10-11,17,19,21-22H2,2-5H3,(H,40,42)/t23-,27?/m1/s1. The number of nitrogens with zero attached hydrogens (tertiary/aromatic N) is 6. The number of rotatable bonds is 7. The highest BCUT2D eigenvalue weighted by atomic mass is 16.3. The molecule has 3 aliphatic rings. The first-order chi connectivity index (χ1) is 23.5. The summed E-state index contributed by atoms with van der Waals surface area (Å²) in [7, 11) is 1.58. The van der Waals surface area contributed by atoms with Crippen LogP contribution in [0.15, 0.2) is 77.1 Å². The molecule has 49 heavy (non-hydrogen) atoms. The van der Waals surface area contributed by atoms with Gasteiger partial charge in [-0.1, -0.05) is 51.6 Å². The van der Waals surface area contributed by atoms with Gasteiger partial charge in [0.15, 0.2) is 0 Å². The van der Waals surface area contributed by atoms with Crippen LogP contribution in [0.4, 0.5) is 17.2 Å². The number of hydrogen-bond donors (Lipinski definition) is 3. The van der Waals surface area contributed by atoms with E-state index >= 15 is 0 Å². The average molecular weight is 659 g/mol. The Morgan fingerprint density at radius 2 is 1.90 bits per heavy atom. The number of aryl methyl sites for hydroxylation is 1. The Bertz CT molecular complexity index is 2180. The molecule has 2 atom stereocenters. The number of pyridine rings is 1. The van der Waals surface area contributed by atoms with E-state index in [2.05, 4.69) is 58.1 Å². The topological polar surface area (TPSA) is 130 Å². The van der Waals surface area contributed by atoms with Crippen LogP contribution in [0, 0.1) is 5.92 Å². The van der Waals surface area contributed by atoms with Crippen LogP contribution in [-0.4, -0.2) is 55.3 Å². The molecule has 3 N–H and O–H groups in total. The van der Waals surface area contributed by atoms with Crippen LogP contribution in [0.25, 0.3) is 33.8 Å². The summed E-state index contributed by atoms with van der Waals surface area (Å²) in [4.78, 5) is 34.3. The molecule has 3 aliphatic heterocycles. The fourth-order valence-corrected chi connectivity index (χ4v) is 7.11. The van der Waals surface area contributed by atoms with Gasteiger partial charge in [0.1, 0.15) is 11.5 Å². The lowest BCUT2D eigenvalue weighted by Gasteiger charge is -2.37. The number of anilines is 3. The second-order valence-corrected chi connectivity index (χ2v) is 14.1. The summed E-state index contributed by atoms with van der Waals surface area (Å²) in [6, 6.07) is 15.4. The van der Waals surface area contributed by atoms with Gasteiger partial charge in [0, 0.05) is 42.7 Å². The second-order valence-electron chi connectivity index (χ2n) is 14.1. The highest BCUT2D eigenvalue weighted by Gasteiger charge is 2.31. The quantitative estimate of drug-likeness (QED) is 0.224. The van der Waals surface area contributed by atoms with Gasteiger partial charge in [0.25, 0.3) is 11.1 Å². The first-order valence-electron chi connectivity index (χ1n) is 16.8. The Kier molecular flexibility index (Phi) is 8.41. The van der Waals surface area contributed by atoms with Gasteiger partial charge in [0.05, 0.1) is 41.5 Å².